The van der Waals surface area contributed by atoms with Gasteiger partial charge in [0, 0.05) is 48.2 Å². The molecule has 0 radical (unpaired) electrons. The van der Waals surface area contributed by atoms with Crippen LogP contribution in [-0.4, -0.2) is 15.0 Å². The first-order chi connectivity index (χ1) is 27.3. The minimum atomic E-state index is 0.708. The molecule has 0 unspecified atom stereocenters. The molecule has 10 aromatic rings. The molecule has 55 heavy (non-hydrogen) atoms. The predicted molar refractivity (Wildman–Crippen MR) is 231 cm³/mol. The van der Waals surface area contributed by atoms with Gasteiger partial charge in [-0.1, -0.05) is 182 Å². The SMILES string of the molecule is c1ccc(-c2cc(-c3cccc(-c4ccc(-c5nc6ccccc6c6sc(-c7ccccc7)c(-c7ccccc7)c56)cc4)c3)nc(-c3ccccc3)n2)cc1. The first-order valence-electron chi connectivity index (χ1n) is 18.4. The number of hydrogen-bond acceptors (Lipinski definition) is 4. The summed E-state index contributed by atoms with van der Waals surface area (Å²) in [6, 6.07) is 70.1. The first-order valence-corrected chi connectivity index (χ1v) is 19.3. The Morgan fingerprint density at radius 2 is 0.873 bits per heavy atom. The number of nitrogens with zero attached hydrogens (tertiary/aromatic N) is 3. The predicted octanol–water partition coefficient (Wildman–Crippen LogP) is 13.9. The number of para-hydroxylation sites is 1. The van der Waals surface area contributed by atoms with E-state index in [2.05, 4.69) is 164 Å². The Bertz CT molecular complexity index is 2880. The highest BCUT2D eigenvalue weighted by atomic mass is 32.1. The van der Waals surface area contributed by atoms with E-state index < -0.39 is 0 Å². The molecule has 0 spiro atoms. The van der Waals surface area contributed by atoms with Crippen LogP contribution in [0.2, 0.25) is 0 Å². The zero-order valence-electron chi connectivity index (χ0n) is 29.8. The number of pyridine rings is 1. The van der Waals surface area contributed by atoms with Crippen LogP contribution in [0.4, 0.5) is 0 Å². The third kappa shape index (κ3) is 6.19. The van der Waals surface area contributed by atoms with E-state index in [1.807, 2.05) is 47.7 Å². The van der Waals surface area contributed by atoms with E-state index in [0.29, 0.717) is 5.82 Å². The molecular formula is C51H33N3S. The van der Waals surface area contributed by atoms with Crippen LogP contribution >= 0.6 is 11.3 Å². The highest BCUT2D eigenvalue weighted by molar-refractivity contribution is 7.24. The van der Waals surface area contributed by atoms with Crippen molar-refractivity contribution in [1.29, 1.82) is 0 Å². The van der Waals surface area contributed by atoms with E-state index in [9.17, 15) is 0 Å². The van der Waals surface area contributed by atoms with Gasteiger partial charge in [0.05, 0.1) is 22.6 Å². The maximum absolute atomic E-state index is 5.38. The molecule has 0 aliphatic heterocycles. The Morgan fingerprint density at radius 3 is 1.56 bits per heavy atom. The van der Waals surface area contributed by atoms with Gasteiger partial charge in [-0.15, -0.1) is 11.3 Å². The van der Waals surface area contributed by atoms with Crippen molar-refractivity contribution < 1.29 is 0 Å². The summed E-state index contributed by atoms with van der Waals surface area (Å²) in [6.45, 7) is 0. The minimum Gasteiger partial charge on any atom is -0.247 e. The standard InChI is InChI=1S/C51H33N3S/c1-5-16-35(17-6-1)44-33-45(54-51(53-44)39-22-11-4-12-23-39)41-25-15-24-40(32-41)34-28-30-37(31-29-34)48-47-46(36-18-7-2-8-19-36)49(38-20-9-3-10-21-38)55-50(47)42-26-13-14-27-43(42)52-48/h1-33H. The summed E-state index contributed by atoms with van der Waals surface area (Å²) >= 11 is 1.86. The summed E-state index contributed by atoms with van der Waals surface area (Å²) in [7, 11) is 0. The van der Waals surface area contributed by atoms with Crippen LogP contribution in [0.15, 0.2) is 200 Å². The third-order valence-electron chi connectivity index (χ3n) is 10.1. The Balaban J connectivity index is 1.09. The Kier molecular flexibility index (Phi) is 8.36. The summed E-state index contributed by atoms with van der Waals surface area (Å²) in [5.74, 6) is 0.708. The van der Waals surface area contributed by atoms with E-state index in [1.165, 1.54) is 37.0 Å². The van der Waals surface area contributed by atoms with Crippen molar-refractivity contribution >= 4 is 32.3 Å². The molecule has 0 fully saturated rings. The van der Waals surface area contributed by atoms with Crippen LogP contribution in [0.1, 0.15) is 0 Å². The Labute approximate surface area is 323 Å². The quantitative estimate of drug-likeness (QED) is 0.165. The first kappa shape index (κ1) is 32.6. The molecule has 0 aliphatic carbocycles. The van der Waals surface area contributed by atoms with E-state index in [-0.39, 0.29) is 0 Å². The minimum absolute atomic E-state index is 0.708. The molecule has 0 amide bonds. The zero-order valence-corrected chi connectivity index (χ0v) is 30.6. The molecular weight excluding hydrogens is 687 g/mol. The molecule has 0 bridgehead atoms. The molecule has 3 nitrogen and oxygen atoms in total. The Morgan fingerprint density at radius 1 is 0.345 bits per heavy atom. The second-order valence-corrected chi connectivity index (χ2v) is 14.6. The maximum atomic E-state index is 5.38. The fourth-order valence-corrected chi connectivity index (χ4v) is 8.78. The van der Waals surface area contributed by atoms with Crippen molar-refractivity contribution in [2.75, 3.05) is 0 Å². The van der Waals surface area contributed by atoms with Gasteiger partial charge in [-0.25, -0.2) is 15.0 Å². The summed E-state index contributed by atoms with van der Waals surface area (Å²) in [4.78, 5) is 16.7. The highest BCUT2D eigenvalue weighted by Crippen LogP contribution is 2.50. The second kappa shape index (κ2) is 14.1. The molecule has 3 heterocycles. The van der Waals surface area contributed by atoms with E-state index >= 15 is 0 Å². The fourth-order valence-electron chi connectivity index (χ4n) is 7.42. The van der Waals surface area contributed by atoms with E-state index in [4.69, 9.17) is 15.0 Å². The number of thiophene rings is 1. The van der Waals surface area contributed by atoms with Gasteiger partial charge < -0.3 is 0 Å². The number of hydrogen-bond donors (Lipinski definition) is 0. The lowest BCUT2D eigenvalue weighted by Crippen LogP contribution is -1.96. The molecule has 0 atom stereocenters. The van der Waals surface area contributed by atoms with Crippen LogP contribution in [0, 0.1) is 0 Å². The van der Waals surface area contributed by atoms with Crippen molar-refractivity contribution in [3.8, 4) is 77.9 Å². The van der Waals surface area contributed by atoms with Crippen molar-refractivity contribution in [2.45, 2.75) is 0 Å². The fraction of sp³-hybridized carbons (Fsp3) is 0. The summed E-state index contributed by atoms with van der Waals surface area (Å²) in [5.41, 5.74) is 13.8. The van der Waals surface area contributed by atoms with Gasteiger partial charge in [0.2, 0.25) is 0 Å². The molecule has 258 valence electrons. The molecule has 0 saturated carbocycles. The molecule has 0 N–H and O–H groups in total. The van der Waals surface area contributed by atoms with Gasteiger partial charge in [-0.05, 0) is 40.5 Å². The van der Waals surface area contributed by atoms with Crippen LogP contribution in [0.25, 0.3) is 98.8 Å². The molecule has 0 aliphatic rings. The lowest BCUT2D eigenvalue weighted by molar-refractivity contribution is 1.18. The third-order valence-corrected chi connectivity index (χ3v) is 11.4. The van der Waals surface area contributed by atoms with Crippen molar-refractivity contribution in [3.05, 3.63) is 200 Å². The average Bonchev–Trinajstić information content (AvgIpc) is 3.69. The summed E-state index contributed by atoms with van der Waals surface area (Å²) in [6.07, 6.45) is 0. The lowest BCUT2D eigenvalue weighted by Gasteiger charge is -2.12. The van der Waals surface area contributed by atoms with Crippen LogP contribution in [0.3, 0.4) is 0 Å². The molecule has 0 saturated heterocycles. The van der Waals surface area contributed by atoms with Crippen molar-refractivity contribution in [1.82, 2.24) is 15.0 Å². The number of rotatable bonds is 7. The number of fused-ring (bicyclic) bond motifs is 3. The maximum Gasteiger partial charge on any atom is 0.160 e. The van der Waals surface area contributed by atoms with E-state index in [1.54, 1.807) is 0 Å². The van der Waals surface area contributed by atoms with Gasteiger partial charge in [-0.2, -0.15) is 0 Å². The zero-order chi connectivity index (χ0) is 36.6. The van der Waals surface area contributed by atoms with Gasteiger partial charge in [-0.3, -0.25) is 0 Å². The smallest absolute Gasteiger partial charge is 0.160 e. The van der Waals surface area contributed by atoms with Gasteiger partial charge in [0.25, 0.3) is 0 Å². The average molecular weight is 720 g/mol. The second-order valence-electron chi connectivity index (χ2n) is 13.6. The van der Waals surface area contributed by atoms with Gasteiger partial charge >= 0.3 is 0 Å². The molecule has 3 aromatic heterocycles. The largest absolute Gasteiger partial charge is 0.247 e. The lowest BCUT2D eigenvalue weighted by atomic mass is 9.94. The highest BCUT2D eigenvalue weighted by Gasteiger charge is 2.22. The van der Waals surface area contributed by atoms with Crippen LogP contribution < -0.4 is 0 Å². The van der Waals surface area contributed by atoms with Crippen LogP contribution in [-0.2, 0) is 0 Å². The molecule has 10 rings (SSSR count). The van der Waals surface area contributed by atoms with Crippen LogP contribution in [0.5, 0.6) is 0 Å². The number of aromatic nitrogens is 3. The van der Waals surface area contributed by atoms with Gasteiger partial charge in [0.15, 0.2) is 5.82 Å². The summed E-state index contributed by atoms with van der Waals surface area (Å²) in [5, 5.41) is 2.37. The molecule has 4 heteroatoms. The summed E-state index contributed by atoms with van der Waals surface area (Å²) < 4.78 is 1.25. The number of benzene rings is 7. The van der Waals surface area contributed by atoms with E-state index in [0.717, 1.165) is 56.0 Å². The Hall–Kier alpha value is -7.01. The van der Waals surface area contributed by atoms with Gasteiger partial charge in [0.1, 0.15) is 0 Å². The van der Waals surface area contributed by atoms with Crippen molar-refractivity contribution in [2.24, 2.45) is 0 Å². The normalized spacial score (nSPS) is 11.3. The molecule has 7 aromatic carbocycles. The van der Waals surface area contributed by atoms with Crippen molar-refractivity contribution in [3.63, 3.8) is 0 Å². The monoisotopic (exact) mass is 719 g/mol. The topological polar surface area (TPSA) is 38.7 Å².